The summed E-state index contributed by atoms with van der Waals surface area (Å²) in [5, 5.41) is 3.56. The highest BCUT2D eigenvalue weighted by Gasteiger charge is 2.42. The van der Waals surface area contributed by atoms with Crippen LogP contribution in [-0.4, -0.2) is 41.2 Å². The molecule has 74 heavy (non-hydrogen) atoms. The molecule has 0 bridgehead atoms. The summed E-state index contributed by atoms with van der Waals surface area (Å²) in [6.45, 7) is 16.1. The monoisotopic (exact) mass is 1020 g/mol. The number of benzene rings is 9. The van der Waals surface area contributed by atoms with E-state index < -0.39 is 45.8 Å². The molecular formula is C60H48N2O10S2-2. The lowest BCUT2D eigenvalue weighted by Gasteiger charge is -2.34. The van der Waals surface area contributed by atoms with Crippen LogP contribution >= 0.6 is 0 Å². The number of anilines is 2. The van der Waals surface area contributed by atoms with Crippen molar-refractivity contribution in [2.75, 3.05) is 9.80 Å². The predicted molar refractivity (Wildman–Crippen MR) is 287 cm³/mol. The van der Waals surface area contributed by atoms with Crippen molar-refractivity contribution in [2.45, 2.75) is 88.9 Å². The molecule has 0 radical (unpaired) electrons. The molecular weight excluding hydrogens is 973 g/mol. The van der Waals surface area contributed by atoms with E-state index in [1.54, 1.807) is 36.4 Å². The van der Waals surface area contributed by atoms with Gasteiger partial charge >= 0.3 is 0 Å². The summed E-state index contributed by atoms with van der Waals surface area (Å²) in [5.41, 5.74) is 5.16. The van der Waals surface area contributed by atoms with Gasteiger partial charge in [-0.2, -0.15) is 0 Å². The molecule has 2 unspecified atom stereocenters. The Kier molecular flexibility index (Phi) is 11.9. The third-order valence-electron chi connectivity index (χ3n) is 14.4. The lowest BCUT2D eigenvalue weighted by Crippen LogP contribution is -2.42. The summed E-state index contributed by atoms with van der Waals surface area (Å²) in [7, 11) is 0. The zero-order valence-electron chi connectivity index (χ0n) is 41.6. The molecule has 11 rings (SSSR count). The minimum Gasteiger partial charge on any atom is -0.768 e. The van der Waals surface area contributed by atoms with Gasteiger partial charge in [0, 0.05) is 53.2 Å². The quantitative estimate of drug-likeness (QED) is 0.0496. The molecule has 0 fully saturated rings. The molecule has 2 heterocycles. The topological polar surface area (TPSA) is 173 Å². The van der Waals surface area contributed by atoms with Gasteiger partial charge in [-0.1, -0.05) is 104 Å². The first kappa shape index (κ1) is 48.6. The third-order valence-corrected chi connectivity index (χ3v) is 15.7. The van der Waals surface area contributed by atoms with Crippen molar-refractivity contribution in [2.24, 2.45) is 0 Å². The van der Waals surface area contributed by atoms with E-state index >= 15 is 19.2 Å². The summed E-state index contributed by atoms with van der Waals surface area (Å²) in [6, 6.07) is 33.4. The van der Waals surface area contributed by atoms with Crippen molar-refractivity contribution in [1.82, 2.24) is 0 Å². The molecule has 0 N–H and O–H groups in total. The van der Waals surface area contributed by atoms with E-state index in [9.17, 15) is 17.5 Å². The summed E-state index contributed by atoms with van der Waals surface area (Å²) in [5.74, 6) is -1.58. The van der Waals surface area contributed by atoms with Crippen molar-refractivity contribution >= 4 is 100 Å². The number of carbonyl (C=O) groups is 4. The summed E-state index contributed by atoms with van der Waals surface area (Å²) < 4.78 is 61.4. The Hall–Kier alpha value is -7.62. The fourth-order valence-electron chi connectivity index (χ4n) is 11.0. The fourth-order valence-corrected chi connectivity index (χ4v) is 11.7. The first-order valence-corrected chi connectivity index (χ1v) is 26.6. The van der Waals surface area contributed by atoms with E-state index in [4.69, 9.17) is 9.47 Å². The number of para-hydroxylation sites is 2. The highest BCUT2D eigenvalue weighted by atomic mass is 32.2. The molecule has 2 aliphatic heterocycles. The molecule has 2 aliphatic rings. The highest BCUT2D eigenvalue weighted by molar-refractivity contribution is 7.79. The number of carbonyl (C=O) groups excluding carboxylic acids is 4. The summed E-state index contributed by atoms with van der Waals surface area (Å²) in [6.07, 6.45) is 0. The Morgan fingerprint density at radius 2 is 0.703 bits per heavy atom. The number of amides is 4. The van der Waals surface area contributed by atoms with Crippen LogP contribution in [0.15, 0.2) is 131 Å². The molecule has 4 amide bonds. The minimum atomic E-state index is -2.52. The van der Waals surface area contributed by atoms with Gasteiger partial charge in [0.1, 0.15) is 23.0 Å². The van der Waals surface area contributed by atoms with Gasteiger partial charge in [-0.25, -0.2) is 9.80 Å². The Labute approximate surface area is 431 Å². The number of hydrogen-bond acceptors (Lipinski definition) is 10. The van der Waals surface area contributed by atoms with Gasteiger partial charge in [-0.3, -0.25) is 27.6 Å². The van der Waals surface area contributed by atoms with Gasteiger partial charge in [-0.05, 0) is 152 Å². The number of fused-ring (bicyclic) bond motifs is 2. The SMILES string of the molecule is CC(C)c1cccc(C(C)C)c1N1C(=O)c2ccc3c4c(Oc5ccc(S(=O)[O-])cc5)cc5c6c(ccc(c7c(Oc8ccc(S(=O)[O-])cc8)cc(c2c37)C1=O)c64)C(=O)N(c1c(C(C)C)cccc1C(C)C)C5=O. The smallest absolute Gasteiger partial charge is 0.266 e. The molecule has 0 saturated heterocycles. The van der Waals surface area contributed by atoms with E-state index in [1.807, 2.05) is 91.8 Å². The Morgan fingerprint density at radius 1 is 0.392 bits per heavy atom. The van der Waals surface area contributed by atoms with Crippen molar-refractivity contribution < 1.29 is 46.2 Å². The van der Waals surface area contributed by atoms with Crippen LogP contribution in [0.3, 0.4) is 0 Å². The molecule has 9 aromatic rings. The number of rotatable bonds is 12. The largest absolute Gasteiger partial charge is 0.768 e. The standard InChI is InChI=1S/C60H50N2O10S2/c1-29(2)37-11-9-12-38(30(3)4)55(37)61-57(63)43-25-23-41-52-48(72-34-17-21-36(22-18-34)74(69)70)28-46-50-44(58(64)62(60(46)66)56-39(31(5)6)13-10-14-40(56)32(7)8)26-24-42(54(50)52)51-47(27-45(59(61)65)49(43)53(41)51)71-33-15-19-35(20-16-33)73(67)68/h9-32H,1-8H3,(H,67,68)(H,69,70)/p-2. The van der Waals surface area contributed by atoms with Crippen molar-refractivity contribution in [1.29, 1.82) is 0 Å². The van der Waals surface area contributed by atoms with Crippen LogP contribution in [0.5, 0.6) is 23.0 Å². The highest BCUT2D eigenvalue weighted by Crippen LogP contribution is 2.54. The zero-order valence-corrected chi connectivity index (χ0v) is 43.3. The molecule has 2 atom stereocenters. The van der Waals surface area contributed by atoms with Crippen LogP contribution in [0.25, 0.3) is 43.1 Å². The molecule has 12 nitrogen and oxygen atoms in total. The minimum absolute atomic E-state index is 0.0323. The van der Waals surface area contributed by atoms with E-state index in [0.29, 0.717) is 54.5 Å². The molecule has 9 aromatic carbocycles. The third kappa shape index (κ3) is 7.44. The van der Waals surface area contributed by atoms with Crippen LogP contribution in [0, 0.1) is 0 Å². The van der Waals surface area contributed by atoms with Gasteiger partial charge < -0.3 is 18.6 Å². The number of ether oxygens (including phenoxy) is 2. The lowest BCUT2D eigenvalue weighted by atomic mass is 9.80. The molecule has 0 aromatic heterocycles. The van der Waals surface area contributed by atoms with E-state index in [1.165, 1.54) is 58.3 Å². The van der Waals surface area contributed by atoms with Crippen molar-refractivity contribution in [3.8, 4) is 23.0 Å². The first-order valence-electron chi connectivity index (χ1n) is 24.4. The summed E-state index contributed by atoms with van der Waals surface area (Å²) in [4.78, 5) is 64.4. The second kappa shape index (κ2) is 18.1. The summed E-state index contributed by atoms with van der Waals surface area (Å²) >= 11 is -5.04. The molecule has 0 saturated carbocycles. The second-order valence-electron chi connectivity index (χ2n) is 20.1. The average molecular weight is 1020 g/mol. The average Bonchev–Trinajstić information content (AvgIpc) is 3.37. The van der Waals surface area contributed by atoms with Crippen LogP contribution in [0.4, 0.5) is 11.4 Å². The van der Waals surface area contributed by atoms with Crippen LogP contribution in [0.1, 0.15) is 143 Å². The Balaban J connectivity index is 1.26. The van der Waals surface area contributed by atoms with Crippen LogP contribution in [0.2, 0.25) is 0 Å². The maximum atomic E-state index is 15.6. The fraction of sp³-hybridized carbons (Fsp3) is 0.200. The van der Waals surface area contributed by atoms with Crippen LogP contribution < -0.4 is 19.3 Å². The molecule has 372 valence electrons. The lowest BCUT2D eigenvalue weighted by molar-refractivity contribution is 0.0877. The molecule has 14 heteroatoms. The molecule has 0 aliphatic carbocycles. The van der Waals surface area contributed by atoms with E-state index in [2.05, 4.69) is 0 Å². The Bertz CT molecular complexity index is 3650. The zero-order chi connectivity index (χ0) is 52.3. The number of nitrogens with zero attached hydrogens (tertiary/aromatic N) is 2. The van der Waals surface area contributed by atoms with Gasteiger partial charge in [0.05, 0.1) is 22.5 Å². The molecule has 0 spiro atoms. The maximum Gasteiger partial charge on any atom is 0.266 e. The van der Waals surface area contributed by atoms with Gasteiger partial charge in [0.25, 0.3) is 23.6 Å². The van der Waals surface area contributed by atoms with Gasteiger partial charge in [0.15, 0.2) is 0 Å². The first-order chi connectivity index (χ1) is 35.4. The number of hydrogen-bond donors (Lipinski definition) is 0. The van der Waals surface area contributed by atoms with Crippen molar-refractivity contribution in [3.63, 3.8) is 0 Å². The van der Waals surface area contributed by atoms with E-state index in [0.717, 1.165) is 22.3 Å². The Morgan fingerprint density at radius 3 is 1.00 bits per heavy atom. The maximum absolute atomic E-state index is 15.6. The number of imide groups is 2. The normalized spacial score (nSPS) is 14.6. The van der Waals surface area contributed by atoms with Gasteiger partial charge in [0.2, 0.25) is 0 Å². The van der Waals surface area contributed by atoms with E-state index in [-0.39, 0.29) is 78.7 Å². The second-order valence-corrected chi connectivity index (χ2v) is 22.0. The van der Waals surface area contributed by atoms with Gasteiger partial charge in [-0.15, -0.1) is 0 Å². The van der Waals surface area contributed by atoms with Crippen molar-refractivity contribution in [3.05, 3.63) is 166 Å². The predicted octanol–water partition coefficient (Wildman–Crippen LogP) is 13.9. The van der Waals surface area contributed by atoms with Crippen LogP contribution in [-0.2, 0) is 22.2 Å².